The maximum absolute atomic E-state index is 10.9. The number of hydrogen-bond donors (Lipinski definition) is 2. The van der Waals surface area contributed by atoms with Crippen LogP contribution in [0, 0.1) is 23.0 Å². The van der Waals surface area contributed by atoms with Gasteiger partial charge < -0.3 is 10.4 Å². The molecule has 1 atom stereocenters. The summed E-state index contributed by atoms with van der Waals surface area (Å²) in [7, 11) is 0. The SMILES string of the molecule is CCC(CNc1ccc(C)cc1[N+](=O)[O-])C(=O)O. The van der Waals surface area contributed by atoms with Gasteiger partial charge in [-0.2, -0.15) is 0 Å². The summed E-state index contributed by atoms with van der Waals surface area (Å²) in [5, 5.41) is 22.6. The maximum atomic E-state index is 10.9. The zero-order chi connectivity index (χ0) is 13.7. The number of hydrogen-bond acceptors (Lipinski definition) is 4. The molecule has 0 bridgehead atoms. The molecule has 0 spiro atoms. The predicted octanol–water partition coefficient (Wildman–Crippen LogP) is 2.43. The summed E-state index contributed by atoms with van der Waals surface area (Å²) in [6.07, 6.45) is 0.474. The fourth-order valence-corrected chi connectivity index (χ4v) is 1.58. The third-order valence-electron chi connectivity index (χ3n) is 2.73. The number of rotatable bonds is 6. The van der Waals surface area contributed by atoms with E-state index in [-0.39, 0.29) is 12.2 Å². The zero-order valence-corrected chi connectivity index (χ0v) is 10.3. The molecule has 0 fully saturated rings. The highest BCUT2D eigenvalue weighted by molar-refractivity contribution is 5.71. The first-order valence-corrected chi connectivity index (χ1v) is 5.67. The van der Waals surface area contributed by atoms with E-state index in [1.54, 1.807) is 26.0 Å². The van der Waals surface area contributed by atoms with Gasteiger partial charge in [-0.1, -0.05) is 13.0 Å². The highest BCUT2D eigenvalue weighted by Crippen LogP contribution is 2.25. The van der Waals surface area contributed by atoms with Gasteiger partial charge in [0, 0.05) is 12.6 Å². The van der Waals surface area contributed by atoms with Crippen LogP contribution in [-0.2, 0) is 4.79 Å². The van der Waals surface area contributed by atoms with Crippen LogP contribution in [0.1, 0.15) is 18.9 Å². The van der Waals surface area contributed by atoms with Crippen LogP contribution in [0.15, 0.2) is 18.2 Å². The van der Waals surface area contributed by atoms with E-state index in [0.29, 0.717) is 12.1 Å². The molecular weight excluding hydrogens is 236 g/mol. The van der Waals surface area contributed by atoms with E-state index in [4.69, 9.17) is 5.11 Å². The van der Waals surface area contributed by atoms with E-state index >= 15 is 0 Å². The van der Waals surface area contributed by atoms with Gasteiger partial charge in [-0.3, -0.25) is 14.9 Å². The molecule has 0 aliphatic rings. The number of nitro groups is 1. The van der Waals surface area contributed by atoms with Crippen LogP contribution >= 0.6 is 0 Å². The van der Waals surface area contributed by atoms with Gasteiger partial charge in [0.1, 0.15) is 5.69 Å². The number of nitrogens with one attached hydrogen (secondary N) is 1. The summed E-state index contributed by atoms with van der Waals surface area (Å²) in [6, 6.07) is 4.81. The van der Waals surface area contributed by atoms with E-state index in [1.807, 2.05) is 0 Å². The summed E-state index contributed by atoms with van der Waals surface area (Å²) in [5.41, 5.74) is 1.11. The van der Waals surface area contributed by atoms with E-state index in [0.717, 1.165) is 5.56 Å². The molecule has 0 amide bonds. The molecule has 0 saturated heterocycles. The molecule has 1 aromatic rings. The molecule has 6 nitrogen and oxygen atoms in total. The first kappa shape index (κ1) is 14.0. The number of nitrogens with zero attached hydrogens (tertiary/aromatic N) is 1. The number of carboxylic acid groups (broad SMARTS) is 1. The fourth-order valence-electron chi connectivity index (χ4n) is 1.58. The molecule has 1 unspecified atom stereocenters. The summed E-state index contributed by atoms with van der Waals surface area (Å²) in [6.45, 7) is 3.71. The average Bonchev–Trinajstić information content (AvgIpc) is 2.30. The number of carboxylic acids is 1. The first-order valence-electron chi connectivity index (χ1n) is 5.67. The normalized spacial score (nSPS) is 11.9. The van der Waals surface area contributed by atoms with Gasteiger partial charge in [0.05, 0.1) is 10.8 Å². The Morgan fingerprint density at radius 2 is 2.22 bits per heavy atom. The number of carbonyl (C=O) groups is 1. The van der Waals surface area contributed by atoms with Gasteiger partial charge in [-0.05, 0) is 25.0 Å². The van der Waals surface area contributed by atoms with Crippen molar-refractivity contribution in [2.45, 2.75) is 20.3 Å². The smallest absolute Gasteiger partial charge is 0.308 e. The Morgan fingerprint density at radius 3 is 2.72 bits per heavy atom. The predicted molar refractivity (Wildman–Crippen MR) is 67.7 cm³/mol. The highest BCUT2D eigenvalue weighted by Gasteiger charge is 2.18. The standard InChI is InChI=1S/C12H16N2O4/c1-3-9(12(15)16)7-13-10-5-4-8(2)6-11(10)14(17)18/h4-6,9,13H,3,7H2,1-2H3,(H,15,16). The molecule has 1 rings (SSSR count). The van der Waals surface area contributed by atoms with Crippen molar-refractivity contribution in [2.24, 2.45) is 5.92 Å². The van der Waals surface area contributed by atoms with Crippen LogP contribution in [0.2, 0.25) is 0 Å². The Morgan fingerprint density at radius 1 is 1.56 bits per heavy atom. The minimum Gasteiger partial charge on any atom is -0.481 e. The van der Waals surface area contributed by atoms with E-state index in [2.05, 4.69) is 5.32 Å². The molecule has 6 heteroatoms. The van der Waals surface area contributed by atoms with Crippen molar-refractivity contribution >= 4 is 17.3 Å². The molecule has 0 aliphatic heterocycles. The Balaban J connectivity index is 2.84. The van der Waals surface area contributed by atoms with Crippen LogP contribution in [0.3, 0.4) is 0 Å². The second-order valence-electron chi connectivity index (χ2n) is 4.10. The average molecular weight is 252 g/mol. The molecule has 0 saturated carbocycles. The van der Waals surface area contributed by atoms with E-state index < -0.39 is 16.8 Å². The Bertz CT molecular complexity index is 459. The molecular formula is C12H16N2O4. The van der Waals surface area contributed by atoms with Gasteiger partial charge in [-0.15, -0.1) is 0 Å². The lowest BCUT2D eigenvalue weighted by molar-refractivity contribution is -0.384. The largest absolute Gasteiger partial charge is 0.481 e. The minimum atomic E-state index is -0.903. The number of aliphatic carboxylic acids is 1. The third-order valence-corrected chi connectivity index (χ3v) is 2.73. The second-order valence-corrected chi connectivity index (χ2v) is 4.10. The number of aryl methyl sites for hydroxylation is 1. The lowest BCUT2D eigenvalue weighted by Gasteiger charge is -2.12. The fraction of sp³-hybridized carbons (Fsp3) is 0.417. The van der Waals surface area contributed by atoms with Gasteiger partial charge in [0.15, 0.2) is 0 Å². The lowest BCUT2D eigenvalue weighted by Crippen LogP contribution is -2.22. The van der Waals surface area contributed by atoms with Gasteiger partial charge in [0.2, 0.25) is 0 Å². The molecule has 0 aromatic heterocycles. The summed E-state index contributed by atoms with van der Waals surface area (Å²) >= 11 is 0. The van der Waals surface area contributed by atoms with Crippen molar-refractivity contribution in [3.05, 3.63) is 33.9 Å². The van der Waals surface area contributed by atoms with Crippen molar-refractivity contribution in [2.75, 3.05) is 11.9 Å². The summed E-state index contributed by atoms with van der Waals surface area (Å²) < 4.78 is 0. The van der Waals surface area contributed by atoms with Crippen LogP contribution in [-0.4, -0.2) is 22.5 Å². The monoisotopic (exact) mass is 252 g/mol. The van der Waals surface area contributed by atoms with Crippen LogP contribution in [0.25, 0.3) is 0 Å². The quantitative estimate of drug-likeness (QED) is 0.599. The summed E-state index contributed by atoms with van der Waals surface area (Å²) in [5.74, 6) is -1.45. The molecule has 18 heavy (non-hydrogen) atoms. The third kappa shape index (κ3) is 3.44. The van der Waals surface area contributed by atoms with Crippen molar-refractivity contribution in [1.82, 2.24) is 0 Å². The van der Waals surface area contributed by atoms with Crippen LogP contribution in [0.4, 0.5) is 11.4 Å². The topological polar surface area (TPSA) is 92.5 Å². The van der Waals surface area contributed by atoms with Gasteiger partial charge >= 0.3 is 5.97 Å². The molecule has 2 N–H and O–H groups in total. The second kappa shape index (κ2) is 6.00. The Hall–Kier alpha value is -2.11. The van der Waals surface area contributed by atoms with Crippen molar-refractivity contribution in [1.29, 1.82) is 0 Å². The van der Waals surface area contributed by atoms with E-state index in [1.165, 1.54) is 6.07 Å². The van der Waals surface area contributed by atoms with Crippen molar-refractivity contribution in [3.63, 3.8) is 0 Å². The molecule has 0 aliphatic carbocycles. The minimum absolute atomic E-state index is 0.0322. The molecule has 0 heterocycles. The van der Waals surface area contributed by atoms with Crippen molar-refractivity contribution in [3.8, 4) is 0 Å². The highest BCUT2D eigenvalue weighted by atomic mass is 16.6. The number of benzene rings is 1. The molecule has 1 aromatic carbocycles. The van der Waals surface area contributed by atoms with Gasteiger partial charge in [-0.25, -0.2) is 0 Å². The lowest BCUT2D eigenvalue weighted by atomic mass is 10.1. The van der Waals surface area contributed by atoms with Crippen LogP contribution < -0.4 is 5.32 Å². The van der Waals surface area contributed by atoms with Crippen molar-refractivity contribution < 1.29 is 14.8 Å². The van der Waals surface area contributed by atoms with Gasteiger partial charge in [0.25, 0.3) is 5.69 Å². The van der Waals surface area contributed by atoms with Crippen LogP contribution in [0.5, 0.6) is 0 Å². The van der Waals surface area contributed by atoms with E-state index in [9.17, 15) is 14.9 Å². The Labute approximate surface area is 105 Å². The molecule has 98 valence electrons. The first-order chi connectivity index (χ1) is 8.45. The number of nitro benzene ring substituents is 1. The summed E-state index contributed by atoms with van der Waals surface area (Å²) in [4.78, 5) is 21.2. The Kier molecular flexibility index (Phi) is 4.65. The number of anilines is 1. The molecule has 0 radical (unpaired) electrons. The zero-order valence-electron chi connectivity index (χ0n) is 10.3. The maximum Gasteiger partial charge on any atom is 0.308 e.